The predicted octanol–water partition coefficient (Wildman–Crippen LogP) is 1.85. The van der Waals surface area contributed by atoms with Crippen LogP contribution in [0.1, 0.15) is 33.6 Å². The van der Waals surface area contributed by atoms with Gasteiger partial charge in [-0.1, -0.05) is 0 Å². The van der Waals surface area contributed by atoms with Gasteiger partial charge in [0.25, 0.3) is 0 Å². The molecule has 2 aliphatic rings. The van der Waals surface area contributed by atoms with E-state index in [1.54, 1.807) is 0 Å². The van der Waals surface area contributed by atoms with Gasteiger partial charge in [0, 0.05) is 12.6 Å². The topological polar surface area (TPSA) is 41.6 Å². The van der Waals surface area contributed by atoms with E-state index in [0.29, 0.717) is 12.0 Å². The first-order valence-electron chi connectivity index (χ1n) is 6.58. The van der Waals surface area contributed by atoms with Gasteiger partial charge in [0.05, 0.1) is 0 Å². The molecule has 1 amide bonds. The van der Waals surface area contributed by atoms with Crippen molar-refractivity contribution in [2.45, 2.75) is 45.3 Å². The van der Waals surface area contributed by atoms with Gasteiger partial charge in [-0.2, -0.15) is 0 Å². The minimum Gasteiger partial charge on any atom is -0.444 e. The second-order valence-electron chi connectivity index (χ2n) is 6.17. The van der Waals surface area contributed by atoms with E-state index in [2.05, 4.69) is 5.32 Å². The van der Waals surface area contributed by atoms with Crippen LogP contribution in [-0.2, 0) is 4.74 Å². The molecule has 4 nitrogen and oxygen atoms in total. The molecule has 3 atom stereocenters. The molecule has 1 N–H and O–H groups in total. The highest BCUT2D eigenvalue weighted by atomic mass is 16.6. The third-order valence-electron chi connectivity index (χ3n) is 3.71. The van der Waals surface area contributed by atoms with Gasteiger partial charge >= 0.3 is 6.09 Å². The number of carbonyl (C=O) groups is 1. The molecule has 0 aromatic carbocycles. The van der Waals surface area contributed by atoms with Gasteiger partial charge in [0.2, 0.25) is 0 Å². The van der Waals surface area contributed by atoms with E-state index < -0.39 is 0 Å². The van der Waals surface area contributed by atoms with E-state index in [-0.39, 0.29) is 11.7 Å². The maximum Gasteiger partial charge on any atom is 0.410 e. The number of nitrogens with zero attached hydrogens (tertiary/aromatic N) is 1. The maximum atomic E-state index is 12.0. The standard InChI is InChI=1S/C13H24N2O2/c1-13(2,3)17-12(16)15-8-6-10-9(11(10)15)5-7-14-4/h9-11,14H,5-8H2,1-4H3/t9?,10-,11+/m1/s1. The van der Waals surface area contributed by atoms with Crippen LogP contribution < -0.4 is 5.32 Å². The monoisotopic (exact) mass is 240 g/mol. The lowest BCUT2D eigenvalue weighted by atomic mass is 10.2. The number of carbonyl (C=O) groups excluding carboxylic acids is 1. The first-order chi connectivity index (χ1) is 7.94. The summed E-state index contributed by atoms with van der Waals surface area (Å²) in [6.07, 6.45) is 2.20. The molecule has 4 heteroatoms. The summed E-state index contributed by atoms with van der Waals surface area (Å²) in [5, 5.41) is 3.18. The van der Waals surface area contributed by atoms with Crippen LogP contribution in [0.4, 0.5) is 4.79 Å². The number of nitrogens with one attached hydrogen (secondary N) is 1. The number of amides is 1. The number of piperidine rings is 1. The van der Waals surface area contributed by atoms with E-state index in [0.717, 1.165) is 25.4 Å². The molecule has 1 saturated carbocycles. The van der Waals surface area contributed by atoms with Crippen LogP contribution in [-0.4, -0.2) is 42.8 Å². The van der Waals surface area contributed by atoms with Crippen molar-refractivity contribution in [3.63, 3.8) is 0 Å². The van der Waals surface area contributed by atoms with Crippen molar-refractivity contribution in [1.29, 1.82) is 0 Å². The third-order valence-corrected chi connectivity index (χ3v) is 3.71. The summed E-state index contributed by atoms with van der Waals surface area (Å²) in [5.41, 5.74) is -0.384. The van der Waals surface area contributed by atoms with Gasteiger partial charge in [-0.3, -0.25) is 0 Å². The highest BCUT2D eigenvalue weighted by Crippen LogP contribution is 2.52. The number of hydrogen-bond donors (Lipinski definition) is 1. The molecular formula is C13H24N2O2. The first kappa shape index (κ1) is 12.7. The van der Waals surface area contributed by atoms with Crippen LogP contribution in [0.3, 0.4) is 0 Å². The summed E-state index contributed by atoms with van der Waals surface area (Å²) in [7, 11) is 1.98. The molecule has 0 spiro atoms. The molecule has 0 radical (unpaired) electrons. The van der Waals surface area contributed by atoms with E-state index in [1.165, 1.54) is 6.42 Å². The predicted molar refractivity (Wildman–Crippen MR) is 66.9 cm³/mol. The molecule has 17 heavy (non-hydrogen) atoms. The van der Waals surface area contributed by atoms with Gasteiger partial charge in [0.1, 0.15) is 5.60 Å². The Kier molecular flexibility index (Phi) is 3.34. The molecule has 1 heterocycles. The normalized spacial score (nSPS) is 31.3. The molecule has 1 aliphatic heterocycles. The van der Waals surface area contributed by atoms with Crippen LogP contribution in [0, 0.1) is 11.8 Å². The molecule has 2 rings (SSSR count). The molecule has 98 valence electrons. The number of rotatable bonds is 3. The van der Waals surface area contributed by atoms with Gasteiger partial charge in [-0.05, 0) is 59.0 Å². The molecule has 1 aliphatic carbocycles. The van der Waals surface area contributed by atoms with Crippen molar-refractivity contribution in [1.82, 2.24) is 10.2 Å². The highest BCUT2D eigenvalue weighted by Gasteiger charge is 2.58. The lowest BCUT2D eigenvalue weighted by molar-refractivity contribution is 0.0251. The second kappa shape index (κ2) is 4.48. The minimum absolute atomic E-state index is 0.128. The first-order valence-corrected chi connectivity index (χ1v) is 6.58. The lowest BCUT2D eigenvalue weighted by Gasteiger charge is -2.26. The summed E-state index contributed by atoms with van der Waals surface area (Å²) in [6, 6.07) is 0.457. The Labute approximate surface area is 104 Å². The third kappa shape index (κ3) is 2.73. The zero-order valence-corrected chi connectivity index (χ0v) is 11.3. The summed E-state index contributed by atoms with van der Waals surface area (Å²) in [5.74, 6) is 1.43. The Morgan fingerprint density at radius 1 is 1.47 bits per heavy atom. The van der Waals surface area contributed by atoms with Gasteiger partial charge in [0.15, 0.2) is 0 Å². The molecule has 0 aromatic rings. The van der Waals surface area contributed by atoms with Crippen LogP contribution in [0.15, 0.2) is 0 Å². The zero-order valence-electron chi connectivity index (χ0n) is 11.3. The fourth-order valence-corrected chi connectivity index (χ4v) is 2.94. The van der Waals surface area contributed by atoms with Crippen molar-refractivity contribution in [3.05, 3.63) is 0 Å². The fraction of sp³-hybridized carbons (Fsp3) is 0.923. The molecule has 0 aromatic heterocycles. The lowest BCUT2D eigenvalue weighted by Crippen LogP contribution is -2.37. The Morgan fingerprint density at radius 2 is 2.18 bits per heavy atom. The zero-order chi connectivity index (χ0) is 12.6. The Balaban J connectivity index is 1.85. The van der Waals surface area contributed by atoms with Crippen LogP contribution in [0.25, 0.3) is 0 Å². The average molecular weight is 240 g/mol. The average Bonchev–Trinajstić information content (AvgIpc) is 2.69. The Morgan fingerprint density at radius 3 is 2.76 bits per heavy atom. The maximum absolute atomic E-state index is 12.0. The number of fused-ring (bicyclic) bond motifs is 1. The van der Waals surface area contributed by atoms with Crippen LogP contribution >= 0.6 is 0 Å². The SMILES string of the molecule is CNCCC1[C@H]2CCN(C(=O)OC(C)(C)C)[C@@H]12. The van der Waals surface area contributed by atoms with Crippen LogP contribution in [0.5, 0.6) is 0 Å². The fourth-order valence-electron chi connectivity index (χ4n) is 2.94. The number of hydrogen-bond acceptors (Lipinski definition) is 3. The van der Waals surface area contributed by atoms with Gasteiger partial charge in [-0.25, -0.2) is 4.79 Å². The number of likely N-dealkylation sites (tertiary alicyclic amines) is 1. The summed E-state index contributed by atoms with van der Waals surface area (Å²) in [4.78, 5) is 13.9. The molecular weight excluding hydrogens is 216 g/mol. The summed E-state index contributed by atoms with van der Waals surface area (Å²) in [6.45, 7) is 7.68. The van der Waals surface area contributed by atoms with Gasteiger partial charge in [-0.15, -0.1) is 0 Å². The van der Waals surface area contributed by atoms with Crippen LogP contribution in [0.2, 0.25) is 0 Å². The van der Waals surface area contributed by atoms with E-state index in [4.69, 9.17) is 4.74 Å². The number of ether oxygens (including phenoxy) is 1. The minimum atomic E-state index is -0.384. The van der Waals surface area contributed by atoms with Crippen molar-refractivity contribution in [2.75, 3.05) is 20.1 Å². The van der Waals surface area contributed by atoms with E-state index in [9.17, 15) is 4.79 Å². The molecule has 0 bridgehead atoms. The molecule has 2 fully saturated rings. The second-order valence-corrected chi connectivity index (χ2v) is 6.17. The largest absolute Gasteiger partial charge is 0.444 e. The smallest absolute Gasteiger partial charge is 0.410 e. The summed E-state index contributed by atoms with van der Waals surface area (Å²) >= 11 is 0. The van der Waals surface area contributed by atoms with E-state index in [1.807, 2.05) is 32.7 Å². The highest BCUT2D eigenvalue weighted by molar-refractivity contribution is 5.70. The van der Waals surface area contributed by atoms with Crippen molar-refractivity contribution >= 4 is 6.09 Å². The molecule has 1 unspecified atom stereocenters. The Hall–Kier alpha value is -0.770. The van der Waals surface area contributed by atoms with Crippen molar-refractivity contribution in [3.8, 4) is 0 Å². The van der Waals surface area contributed by atoms with Crippen molar-refractivity contribution in [2.24, 2.45) is 11.8 Å². The Bertz CT molecular complexity index is 298. The van der Waals surface area contributed by atoms with Gasteiger partial charge < -0.3 is 15.0 Å². The van der Waals surface area contributed by atoms with E-state index >= 15 is 0 Å². The quantitative estimate of drug-likeness (QED) is 0.818. The molecule has 1 saturated heterocycles. The van der Waals surface area contributed by atoms with Crippen molar-refractivity contribution < 1.29 is 9.53 Å². The summed E-state index contributed by atoms with van der Waals surface area (Å²) < 4.78 is 5.44.